The van der Waals surface area contributed by atoms with Crippen LogP contribution in [0.15, 0.2) is 30.3 Å². The molecule has 0 aliphatic heterocycles. The maximum absolute atomic E-state index is 10.7. The van der Waals surface area contributed by atoms with E-state index in [1.165, 1.54) is 7.05 Å². The zero-order valence-electron chi connectivity index (χ0n) is 8.07. The first-order valence-electron chi connectivity index (χ1n) is 4.02. The molecular formula is C9H11ClN2O3. The van der Waals surface area contributed by atoms with Gasteiger partial charge in [-0.25, -0.2) is 0 Å². The number of carbonyl (C=O) groups excluding carboxylic acids is 1. The first-order valence-corrected chi connectivity index (χ1v) is 4.02. The van der Waals surface area contributed by atoms with Crippen molar-refractivity contribution in [2.45, 2.75) is 6.17 Å². The van der Waals surface area contributed by atoms with Gasteiger partial charge in [0.05, 0.1) is 4.92 Å². The molecule has 0 aliphatic rings. The average molecular weight is 231 g/mol. The second-order valence-corrected chi connectivity index (χ2v) is 2.84. The fraction of sp³-hybridized carbons (Fsp3) is 0.222. The van der Waals surface area contributed by atoms with Crippen LogP contribution >= 0.6 is 12.4 Å². The standard InChI is InChI=1S/C9H10N2O3.ClH/c1-10(7-12)9(11(13)14)8-5-3-2-4-6-8;/h2-7,9H,1H3;1H. The van der Waals surface area contributed by atoms with E-state index in [9.17, 15) is 14.9 Å². The Morgan fingerprint density at radius 1 is 1.40 bits per heavy atom. The van der Waals surface area contributed by atoms with Crippen LogP contribution in [0, 0.1) is 10.1 Å². The Bertz CT molecular complexity index is 331. The molecule has 0 fully saturated rings. The van der Waals surface area contributed by atoms with Crippen LogP contribution in [0.4, 0.5) is 0 Å². The molecule has 1 unspecified atom stereocenters. The number of halogens is 1. The normalized spacial score (nSPS) is 11.0. The summed E-state index contributed by atoms with van der Waals surface area (Å²) in [7, 11) is 1.38. The van der Waals surface area contributed by atoms with Crippen molar-refractivity contribution >= 4 is 18.8 Å². The molecule has 6 heteroatoms. The van der Waals surface area contributed by atoms with E-state index < -0.39 is 11.1 Å². The van der Waals surface area contributed by atoms with E-state index in [4.69, 9.17) is 0 Å². The van der Waals surface area contributed by atoms with Gasteiger partial charge in [-0.1, -0.05) is 30.3 Å². The molecule has 0 heterocycles. The van der Waals surface area contributed by atoms with E-state index in [2.05, 4.69) is 0 Å². The molecule has 1 aromatic rings. The second-order valence-electron chi connectivity index (χ2n) is 2.84. The van der Waals surface area contributed by atoms with Gasteiger partial charge in [0.2, 0.25) is 6.41 Å². The lowest BCUT2D eigenvalue weighted by Gasteiger charge is -2.16. The fourth-order valence-corrected chi connectivity index (χ4v) is 1.19. The van der Waals surface area contributed by atoms with Gasteiger partial charge in [0.1, 0.15) is 0 Å². The molecule has 0 radical (unpaired) electrons. The Labute approximate surface area is 93.3 Å². The van der Waals surface area contributed by atoms with Crippen LogP contribution < -0.4 is 0 Å². The fourth-order valence-electron chi connectivity index (χ4n) is 1.19. The molecule has 0 saturated carbocycles. The van der Waals surface area contributed by atoms with Gasteiger partial charge in [-0.15, -0.1) is 12.4 Å². The van der Waals surface area contributed by atoms with Crippen molar-refractivity contribution in [1.82, 2.24) is 4.90 Å². The van der Waals surface area contributed by atoms with Crippen molar-refractivity contribution in [2.75, 3.05) is 7.05 Å². The van der Waals surface area contributed by atoms with Crippen LogP contribution in [-0.2, 0) is 4.79 Å². The summed E-state index contributed by atoms with van der Waals surface area (Å²) in [5.41, 5.74) is 0.493. The lowest BCUT2D eigenvalue weighted by molar-refractivity contribution is -0.551. The van der Waals surface area contributed by atoms with Gasteiger partial charge in [-0.05, 0) is 0 Å². The molecule has 0 spiro atoms. The summed E-state index contributed by atoms with van der Waals surface area (Å²) in [5.74, 6) is 0. The number of hydrogen-bond donors (Lipinski definition) is 0. The minimum Gasteiger partial charge on any atom is -0.282 e. The van der Waals surface area contributed by atoms with Crippen LogP contribution in [0.1, 0.15) is 11.7 Å². The summed E-state index contributed by atoms with van der Waals surface area (Å²) in [6.45, 7) is 0. The van der Waals surface area contributed by atoms with Crippen molar-refractivity contribution in [3.05, 3.63) is 46.0 Å². The Hall–Kier alpha value is -1.62. The van der Waals surface area contributed by atoms with Crippen LogP contribution in [-0.4, -0.2) is 23.3 Å². The highest BCUT2D eigenvalue weighted by Gasteiger charge is 2.26. The van der Waals surface area contributed by atoms with E-state index in [1.807, 2.05) is 0 Å². The van der Waals surface area contributed by atoms with E-state index in [0.29, 0.717) is 12.0 Å². The Morgan fingerprint density at radius 3 is 2.33 bits per heavy atom. The molecule has 1 aromatic carbocycles. The highest BCUT2D eigenvalue weighted by molar-refractivity contribution is 5.85. The van der Waals surface area contributed by atoms with Crippen LogP contribution in [0.5, 0.6) is 0 Å². The Morgan fingerprint density at radius 2 is 1.93 bits per heavy atom. The molecule has 0 bridgehead atoms. The molecule has 0 aliphatic carbocycles. The third kappa shape index (κ3) is 3.21. The van der Waals surface area contributed by atoms with Crippen LogP contribution in [0.2, 0.25) is 0 Å². The third-order valence-electron chi connectivity index (χ3n) is 1.85. The average Bonchev–Trinajstić information content (AvgIpc) is 2.19. The Balaban J connectivity index is 0.00000196. The molecule has 1 atom stereocenters. The zero-order chi connectivity index (χ0) is 10.6. The van der Waals surface area contributed by atoms with Gasteiger partial charge in [0.25, 0.3) is 0 Å². The number of rotatable bonds is 4. The largest absolute Gasteiger partial charge is 0.314 e. The van der Waals surface area contributed by atoms with E-state index in [-0.39, 0.29) is 12.4 Å². The van der Waals surface area contributed by atoms with Crippen molar-refractivity contribution in [3.63, 3.8) is 0 Å². The first kappa shape index (κ1) is 13.4. The maximum Gasteiger partial charge on any atom is 0.314 e. The van der Waals surface area contributed by atoms with E-state index >= 15 is 0 Å². The molecule has 82 valence electrons. The van der Waals surface area contributed by atoms with Gasteiger partial charge in [-0.3, -0.25) is 19.8 Å². The minimum atomic E-state index is -1.10. The number of nitrogens with zero attached hydrogens (tertiary/aromatic N) is 2. The molecule has 1 amide bonds. The first-order chi connectivity index (χ1) is 6.66. The number of benzene rings is 1. The number of amides is 1. The molecular weight excluding hydrogens is 220 g/mol. The molecule has 1 rings (SSSR count). The third-order valence-corrected chi connectivity index (χ3v) is 1.85. The second kappa shape index (κ2) is 5.98. The summed E-state index contributed by atoms with van der Waals surface area (Å²) >= 11 is 0. The van der Waals surface area contributed by atoms with Gasteiger partial charge in [0, 0.05) is 12.6 Å². The van der Waals surface area contributed by atoms with Crippen LogP contribution in [0.3, 0.4) is 0 Å². The van der Waals surface area contributed by atoms with Gasteiger partial charge >= 0.3 is 6.17 Å². The van der Waals surface area contributed by atoms with Crippen molar-refractivity contribution in [1.29, 1.82) is 0 Å². The molecule has 15 heavy (non-hydrogen) atoms. The smallest absolute Gasteiger partial charge is 0.282 e. The molecule has 0 aromatic heterocycles. The van der Waals surface area contributed by atoms with E-state index in [0.717, 1.165) is 4.90 Å². The highest BCUT2D eigenvalue weighted by atomic mass is 35.5. The zero-order valence-corrected chi connectivity index (χ0v) is 8.89. The number of nitro groups is 1. The topological polar surface area (TPSA) is 63.5 Å². The number of hydrogen-bond acceptors (Lipinski definition) is 3. The lowest BCUT2D eigenvalue weighted by atomic mass is 10.2. The quantitative estimate of drug-likeness (QED) is 0.341. The van der Waals surface area contributed by atoms with Crippen molar-refractivity contribution < 1.29 is 9.72 Å². The van der Waals surface area contributed by atoms with E-state index in [1.54, 1.807) is 30.3 Å². The predicted octanol–water partition coefficient (Wildman–Crippen LogP) is 1.47. The lowest BCUT2D eigenvalue weighted by Crippen LogP contribution is -2.29. The van der Waals surface area contributed by atoms with Gasteiger partial charge < -0.3 is 0 Å². The summed E-state index contributed by atoms with van der Waals surface area (Å²) < 4.78 is 0. The summed E-state index contributed by atoms with van der Waals surface area (Å²) in [4.78, 5) is 21.7. The maximum atomic E-state index is 10.7. The van der Waals surface area contributed by atoms with Crippen LogP contribution in [0.25, 0.3) is 0 Å². The van der Waals surface area contributed by atoms with Crippen molar-refractivity contribution in [3.8, 4) is 0 Å². The Kier molecular flexibility index (Phi) is 5.33. The highest BCUT2D eigenvalue weighted by Crippen LogP contribution is 2.17. The molecule has 0 N–H and O–H groups in total. The van der Waals surface area contributed by atoms with Gasteiger partial charge in [-0.2, -0.15) is 0 Å². The number of carbonyl (C=O) groups is 1. The monoisotopic (exact) mass is 230 g/mol. The predicted molar refractivity (Wildman–Crippen MR) is 57.3 cm³/mol. The van der Waals surface area contributed by atoms with Gasteiger partial charge in [0.15, 0.2) is 0 Å². The summed E-state index contributed by atoms with van der Waals surface area (Å²) in [6, 6.07) is 8.40. The molecule has 5 nitrogen and oxygen atoms in total. The SMILES string of the molecule is CN(C=O)C(c1ccccc1)[N+](=O)[O-].Cl. The minimum absolute atomic E-state index is 0. The molecule has 0 saturated heterocycles. The summed E-state index contributed by atoms with van der Waals surface area (Å²) in [5, 5.41) is 10.7. The summed E-state index contributed by atoms with van der Waals surface area (Å²) in [6.07, 6.45) is -0.658. The van der Waals surface area contributed by atoms with Crippen molar-refractivity contribution in [2.24, 2.45) is 0 Å².